The topological polar surface area (TPSA) is 38.3 Å². The van der Waals surface area contributed by atoms with Crippen molar-refractivity contribution in [2.75, 3.05) is 0 Å². The fraction of sp³-hybridized carbons (Fsp3) is 0.588. The smallest absolute Gasteiger partial charge is 0.260 e. The number of nitrogens with one attached hydrogen (secondary N) is 1. The van der Waals surface area contributed by atoms with Gasteiger partial charge in [0.25, 0.3) is 5.91 Å². The van der Waals surface area contributed by atoms with Crippen molar-refractivity contribution in [3.8, 4) is 5.75 Å². The van der Waals surface area contributed by atoms with E-state index in [-0.39, 0.29) is 17.4 Å². The third kappa shape index (κ3) is 4.87. The Balaban J connectivity index is 2.62. The third-order valence-electron chi connectivity index (χ3n) is 3.40. The van der Waals surface area contributed by atoms with Crippen molar-refractivity contribution >= 4 is 5.91 Å². The molecule has 112 valence electrons. The molecule has 0 bridgehead atoms. The summed E-state index contributed by atoms with van der Waals surface area (Å²) in [7, 11) is 0. The largest absolute Gasteiger partial charge is 0.481 e. The standard InChI is InChI=1S/C17H27NO2/c1-7-12(2)18-16(19)13(3)20-15-10-8-14(9-11-15)17(4,5)6/h8-13H,7H2,1-6H3,(H,18,19)/t12-,13-/m0/s1. The highest BCUT2D eigenvalue weighted by atomic mass is 16.5. The summed E-state index contributed by atoms with van der Waals surface area (Å²) in [5, 5.41) is 2.92. The van der Waals surface area contributed by atoms with Crippen molar-refractivity contribution in [3.05, 3.63) is 29.8 Å². The van der Waals surface area contributed by atoms with Crippen molar-refractivity contribution in [1.29, 1.82) is 0 Å². The normalized spacial score (nSPS) is 14.5. The lowest BCUT2D eigenvalue weighted by Crippen LogP contribution is -2.40. The number of hydrogen-bond donors (Lipinski definition) is 1. The van der Waals surface area contributed by atoms with Gasteiger partial charge >= 0.3 is 0 Å². The van der Waals surface area contributed by atoms with Crippen LogP contribution in [0.3, 0.4) is 0 Å². The highest BCUT2D eigenvalue weighted by Gasteiger charge is 2.17. The lowest BCUT2D eigenvalue weighted by Gasteiger charge is -2.20. The summed E-state index contributed by atoms with van der Waals surface area (Å²) >= 11 is 0. The van der Waals surface area contributed by atoms with Gasteiger partial charge in [0.15, 0.2) is 6.10 Å². The zero-order valence-corrected chi connectivity index (χ0v) is 13.5. The predicted octanol–water partition coefficient (Wildman–Crippen LogP) is 3.67. The van der Waals surface area contributed by atoms with Crippen molar-refractivity contribution in [2.24, 2.45) is 0 Å². The predicted molar refractivity (Wildman–Crippen MR) is 83.1 cm³/mol. The van der Waals surface area contributed by atoms with Gasteiger partial charge in [-0.05, 0) is 43.4 Å². The lowest BCUT2D eigenvalue weighted by atomic mass is 9.87. The van der Waals surface area contributed by atoms with E-state index in [1.165, 1.54) is 5.56 Å². The molecule has 0 aromatic heterocycles. The van der Waals surface area contributed by atoms with Crippen LogP contribution in [0.1, 0.15) is 53.5 Å². The molecule has 1 aromatic carbocycles. The van der Waals surface area contributed by atoms with Crippen LogP contribution in [0.25, 0.3) is 0 Å². The van der Waals surface area contributed by atoms with E-state index in [9.17, 15) is 4.79 Å². The molecule has 0 aliphatic rings. The second kappa shape index (κ2) is 6.78. The first-order valence-corrected chi connectivity index (χ1v) is 7.31. The summed E-state index contributed by atoms with van der Waals surface area (Å²) in [6, 6.07) is 8.13. The first kappa shape index (κ1) is 16.5. The number of hydrogen-bond acceptors (Lipinski definition) is 2. The maximum absolute atomic E-state index is 11.9. The summed E-state index contributed by atoms with van der Waals surface area (Å²) in [6.07, 6.45) is 0.433. The van der Waals surface area contributed by atoms with Crippen LogP contribution >= 0.6 is 0 Å². The molecule has 0 heterocycles. The first-order chi connectivity index (χ1) is 9.24. The zero-order chi connectivity index (χ0) is 15.3. The van der Waals surface area contributed by atoms with Gasteiger partial charge in [0, 0.05) is 6.04 Å². The van der Waals surface area contributed by atoms with Gasteiger partial charge in [0.1, 0.15) is 5.75 Å². The highest BCUT2D eigenvalue weighted by molar-refractivity contribution is 5.80. The Morgan fingerprint density at radius 3 is 2.20 bits per heavy atom. The molecule has 0 aliphatic heterocycles. The fourth-order valence-corrected chi connectivity index (χ4v) is 1.75. The minimum Gasteiger partial charge on any atom is -0.481 e. The minimum atomic E-state index is -0.482. The molecule has 3 heteroatoms. The van der Waals surface area contributed by atoms with Gasteiger partial charge in [0.2, 0.25) is 0 Å². The maximum Gasteiger partial charge on any atom is 0.260 e. The average Bonchev–Trinajstić information content (AvgIpc) is 2.38. The number of carbonyl (C=O) groups excluding carboxylic acids is 1. The number of rotatable bonds is 5. The van der Waals surface area contributed by atoms with E-state index < -0.39 is 6.10 Å². The van der Waals surface area contributed by atoms with Crippen LogP contribution in [0.5, 0.6) is 5.75 Å². The molecule has 0 radical (unpaired) electrons. The second-order valence-electron chi connectivity index (χ2n) is 6.35. The van der Waals surface area contributed by atoms with Gasteiger partial charge in [-0.3, -0.25) is 4.79 Å². The van der Waals surface area contributed by atoms with Gasteiger partial charge < -0.3 is 10.1 Å². The zero-order valence-electron chi connectivity index (χ0n) is 13.5. The Hall–Kier alpha value is -1.51. The van der Waals surface area contributed by atoms with E-state index in [0.717, 1.165) is 12.2 Å². The number of benzene rings is 1. The van der Waals surface area contributed by atoms with E-state index in [1.54, 1.807) is 6.92 Å². The SMILES string of the molecule is CC[C@H](C)NC(=O)[C@H](C)Oc1ccc(C(C)(C)C)cc1. The van der Waals surface area contributed by atoms with Crippen LogP contribution in [-0.4, -0.2) is 18.1 Å². The second-order valence-corrected chi connectivity index (χ2v) is 6.35. The Kier molecular flexibility index (Phi) is 5.61. The molecule has 0 aliphatic carbocycles. The Morgan fingerprint density at radius 2 is 1.75 bits per heavy atom. The molecule has 0 fully saturated rings. The van der Waals surface area contributed by atoms with E-state index >= 15 is 0 Å². The third-order valence-corrected chi connectivity index (χ3v) is 3.40. The van der Waals surface area contributed by atoms with Crippen LogP contribution in [0, 0.1) is 0 Å². The van der Waals surface area contributed by atoms with Crippen LogP contribution in [0.15, 0.2) is 24.3 Å². The van der Waals surface area contributed by atoms with Crippen LogP contribution in [-0.2, 0) is 10.2 Å². The summed E-state index contributed by atoms with van der Waals surface area (Å²) in [6.45, 7) is 12.3. The molecular weight excluding hydrogens is 250 g/mol. The van der Waals surface area contributed by atoms with Gasteiger partial charge in [-0.2, -0.15) is 0 Å². The molecule has 0 saturated heterocycles. The van der Waals surface area contributed by atoms with Crippen molar-refractivity contribution < 1.29 is 9.53 Å². The van der Waals surface area contributed by atoms with Gasteiger partial charge in [0.05, 0.1) is 0 Å². The number of ether oxygens (including phenoxy) is 1. The minimum absolute atomic E-state index is 0.0701. The molecule has 0 unspecified atom stereocenters. The average molecular weight is 277 g/mol. The van der Waals surface area contributed by atoms with E-state index in [1.807, 2.05) is 26.0 Å². The van der Waals surface area contributed by atoms with Crippen LogP contribution < -0.4 is 10.1 Å². The van der Waals surface area contributed by atoms with Crippen LogP contribution in [0.4, 0.5) is 0 Å². The molecule has 0 spiro atoms. The van der Waals surface area contributed by atoms with Crippen molar-refractivity contribution in [2.45, 2.75) is 65.5 Å². The lowest BCUT2D eigenvalue weighted by molar-refractivity contribution is -0.127. The molecule has 20 heavy (non-hydrogen) atoms. The van der Waals surface area contributed by atoms with Gasteiger partial charge in [-0.25, -0.2) is 0 Å². The Bertz CT molecular complexity index is 431. The molecular formula is C17H27NO2. The Labute approximate surface area is 122 Å². The van der Waals surface area contributed by atoms with E-state index in [0.29, 0.717) is 0 Å². The fourth-order valence-electron chi connectivity index (χ4n) is 1.75. The first-order valence-electron chi connectivity index (χ1n) is 7.31. The quantitative estimate of drug-likeness (QED) is 0.892. The molecule has 2 atom stereocenters. The molecule has 1 amide bonds. The van der Waals surface area contributed by atoms with Crippen molar-refractivity contribution in [1.82, 2.24) is 5.32 Å². The summed E-state index contributed by atoms with van der Waals surface area (Å²) in [4.78, 5) is 11.9. The Morgan fingerprint density at radius 1 is 1.20 bits per heavy atom. The van der Waals surface area contributed by atoms with Gasteiger partial charge in [-0.1, -0.05) is 39.8 Å². The van der Waals surface area contributed by atoms with E-state index in [2.05, 4.69) is 38.2 Å². The monoisotopic (exact) mass is 277 g/mol. The van der Waals surface area contributed by atoms with Crippen molar-refractivity contribution in [3.63, 3.8) is 0 Å². The summed E-state index contributed by atoms with van der Waals surface area (Å²) in [5.41, 5.74) is 1.37. The van der Waals surface area contributed by atoms with E-state index in [4.69, 9.17) is 4.74 Å². The number of carbonyl (C=O) groups is 1. The molecule has 1 N–H and O–H groups in total. The maximum atomic E-state index is 11.9. The van der Waals surface area contributed by atoms with Crippen LogP contribution in [0.2, 0.25) is 0 Å². The highest BCUT2D eigenvalue weighted by Crippen LogP contribution is 2.24. The summed E-state index contributed by atoms with van der Waals surface area (Å²) < 4.78 is 5.68. The molecule has 3 nitrogen and oxygen atoms in total. The molecule has 0 saturated carbocycles. The molecule has 1 aromatic rings. The summed E-state index contributed by atoms with van der Waals surface area (Å²) in [5.74, 6) is 0.657. The van der Waals surface area contributed by atoms with Gasteiger partial charge in [-0.15, -0.1) is 0 Å². The molecule has 1 rings (SSSR count). The number of amides is 1.